The molecule has 1 aliphatic rings. The highest BCUT2D eigenvalue weighted by Gasteiger charge is 2.20. The molecule has 1 aromatic carbocycles. The lowest BCUT2D eigenvalue weighted by molar-refractivity contribution is 0.0692. The van der Waals surface area contributed by atoms with Crippen molar-refractivity contribution in [1.29, 1.82) is 0 Å². The summed E-state index contributed by atoms with van der Waals surface area (Å²) in [7, 11) is 1.53. The number of H-pyrrole nitrogens is 1. The Labute approximate surface area is 201 Å². The van der Waals surface area contributed by atoms with E-state index in [1.165, 1.54) is 37.4 Å². The molecule has 1 aliphatic carbocycles. The first-order valence-corrected chi connectivity index (χ1v) is 11.9. The molecule has 0 bridgehead atoms. The second-order valence-corrected chi connectivity index (χ2v) is 9.38. The number of aryl methyl sites for hydroxylation is 1. The monoisotopic (exact) mass is 482 g/mol. The van der Waals surface area contributed by atoms with Gasteiger partial charge < -0.3 is 20.1 Å². The molecular weight excluding hydrogens is 455 g/mol. The molecule has 3 aromatic heterocycles. The van der Waals surface area contributed by atoms with Gasteiger partial charge in [-0.1, -0.05) is 6.07 Å². The van der Waals surface area contributed by atoms with Crippen LogP contribution in [0.3, 0.4) is 0 Å². The molecule has 4 aromatic rings. The average molecular weight is 483 g/mol. The molecule has 5 rings (SSSR count). The van der Waals surface area contributed by atoms with Crippen molar-refractivity contribution in [2.45, 2.75) is 26.2 Å². The zero-order valence-corrected chi connectivity index (χ0v) is 19.9. The average Bonchev–Trinajstić information content (AvgIpc) is 3.43. The molecule has 0 spiro atoms. The van der Waals surface area contributed by atoms with Gasteiger partial charge in [-0.25, -0.2) is 19.2 Å². The first kappa shape index (κ1) is 23.8. The second-order valence-electron chi connectivity index (χ2n) is 8.18. The number of carboxylic acid groups (broad SMARTS) is 1. The normalized spacial score (nSPS) is 12.9. The number of halogens is 1. The van der Waals surface area contributed by atoms with Crippen LogP contribution in [0.15, 0.2) is 42.7 Å². The summed E-state index contributed by atoms with van der Waals surface area (Å²) in [5.41, 5.74) is 2.76. The maximum atomic E-state index is 13.7. The van der Waals surface area contributed by atoms with Crippen LogP contribution < -0.4 is 10.1 Å². The minimum Gasteiger partial charge on any atom is -0.481 e. The van der Waals surface area contributed by atoms with Crippen LogP contribution in [-0.4, -0.2) is 46.2 Å². The quantitative estimate of drug-likeness (QED) is 0.303. The van der Waals surface area contributed by atoms with Crippen LogP contribution in [0.1, 0.15) is 33.9 Å². The van der Waals surface area contributed by atoms with E-state index in [1.807, 2.05) is 12.3 Å². The van der Waals surface area contributed by atoms with Crippen molar-refractivity contribution in [2.75, 3.05) is 20.2 Å². The maximum absolute atomic E-state index is 13.7. The molecule has 34 heavy (non-hydrogen) atoms. The van der Waals surface area contributed by atoms with Gasteiger partial charge in [-0.05, 0) is 69.0 Å². The van der Waals surface area contributed by atoms with Crippen LogP contribution in [0, 0.1) is 18.7 Å². The van der Waals surface area contributed by atoms with E-state index in [-0.39, 0.29) is 11.5 Å². The molecule has 0 atom stereocenters. The summed E-state index contributed by atoms with van der Waals surface area (Å²) in [5.74, 6) is 0.239. The molecule has 1 fully saturated rings. The molecule has 0 unspecified atom stereocenters. The van der Waals surface area contributed by atoms with Gasteiger partial charge in [0.1, 0.15) is 5.82 Å². The van der Waals surface area contributed by atoms with Crippen molar-refractivity contribution in [1.82, 2.24) is 20.3 Å². The van der Waals surface area contributed by atoms with Crippen molar-refractivity contribution in [3.8, 4) is 16.3 Å². The van der Waals surface area contributed by atoms with E-state index in [0.29, 0.717) is 15.8 Å². The summed E-state index contributed by atoms with van der Waals surface area (Å²) in [6, 6.07) is 8.64. The highest BCUT2D eigenvalue weighted by atomic mass is 32.1. The summed E-state index contributed by atoms with van der Waals surface area (Å²) in [6.45, 7) is 3.82. The number of fused-ring (bicyclic) bond motifs is 1. The number of carboxylic acids is 1. The van der Waals surface area contributed by atoms with Crippen molar-refractivity contribution in [2.24, 2.45) is 5.92 Å². The number of aromatic carboxylic acids is 1. The molecule has 0 aliphatic heterocycles. The third-order valence-corrected chi connectivity index (χ3v) is 6.60. The van der Waals surface area contributed by atoms with Crippen molar-refractivity contribution in [3.63, 3.8) is 0 Å². The van der Waals surface area contributed by atoms with Crippen molar-refractivity contribution in [3.05, 3.63) is 64.8 Å². The van der Waals surface area contributed by atoms with Gasteiger partial charge in [0.25, 0.3) is 0 Å². The van der Waals surface area contributed by atoms with E-state index in [9.17, 15) is 9.18 Å². The fraction of sp³-hybridized carbons (Fsp3) is 0.320. The number of methoxy groups -OCH3 is 1. The molecule has 0 saturated heterocycles. The van der Waals surface area contributed by atoms with E-state index in [4.69, 9.17) is 9.84 Å². The van der Waals surface area contributed by atoms with Crippen LogP contribution >= 0.6 is 11.3 Å². The van der Waals surface area contributed by atoms with Gasteiger partial charge in [0.15, 0.2) is 5.69 Å². The van der Waals surface area contributed by atoms with Gasteiger partial charge in [-0.2, -0.15) is 0 Å². The van der Waals surface area contributed by atoms with E-state index in [1.54, 1.807) is 31.3 Å². The molecule has 0 radical (unpaired) electrons. The van der Waals surface area contributed by atoms with Gasteiger partial charge in [-0.3, -0.25) is 0 Å². The fourth-order valence-electron chi connectivity index (χ4n) is 3.66. The van der Waals surface area contributed by atoms with Gasteiger partial charge in [0.2, 0.25) is 5.88 Å². The summed E-state index contributed by atoms with van der Waals surface area (Å²) in [4.78, 5) is 22.8. The second kappa shape index (κ2) is 10.8. The third-order valence-electron chi connectivity index (χ3n) is 5.58. The van der Waals surface area contributed by atoms with E-state index in [2.05, 4.69) is 20.3 Å². The molecule has 9 heteroatoms. The summed E-state index contributed by atoms with van der Waals surface area (Å²) < 4.78 is 18.6. The lowest BCUT2D eigenvalue weighted by Gasteiger charge is -2.03. The number of pyridine rings is 1. The maximum Gasteiger partial charge on any atom is 0.356 e. The summed E-state index contributed by atoms with van der Waals surface area (Å²) in [5, 5.41) is 13.9. The topological polar surface area (TPSA) is 100 Å². The Hall–Kier alpha value is -3.30. The van der Waals surface area contributed by atoms with Gasteiger partial charge in [0.05, 0.1) is 17.0 Å². The Morgan fingerprint density at radius 2 is 2.15 bits per heavy atom. The number of nitrogens with one attached hydrogen (secondary N) is 2. The van der Waals surface area contributed by atoms with Crippen molar-refractivity contribution >= 4 is 28.2 Å². The predicted octanol–water partition coefficient (Wildman–Crippen LogP) is 5.07. The Morgan fingerprint density at radius 1 is 1.32 bits per heavy atom. The third kappa shape index (κ3) is 5.78. The SMILES string of the molecule is COc1ccc(-c2sc(C)nc2C(=O)O)cn1.Fc1cccc2[nH]cc(CCNCC3CC3)c12. The Bertz CT molecular complexity index is 1270. The number of ether oxygens (including phenoxy) is 1. The fourth-order valence-corrected chi connectivity index (χ4v) is 4.56. The molecular formula is C25H27FN4O3S. The molecule has 178 valence electrons. The highest BCUT2D eigenvalue weighted by molar-refractivity contribution is 7.15. The number of aromatic nitrogens is 3. The largest absolute Gasteiger partial charge is 0.481 e. The number of benzene rings is 1. The first-order chi connectivity index (χ1) is 16.5. The van der Waals surface area contributed by atoms with Crippen LogP contribution in [0.4, 0.5) is 4.39 Å². The van der Waals surface area contributed by atoms with E-state index >= 15 is 0 Å². The minimum absolute atomic E-state index is 0.0690. The number of aromatic amines is 1. The molecule has 3 N–H and O–H groups in total. The summed E-state index contributed by atoms with van der Waals surface area (Å²) >= 11 is 1.34. The smallest absolute Gasteiger partial charge is 0.356 e. The van der Waals surface area contributed by atoms with E-state index < -0.39 is 5.97 Å². The number of thiazole rings is 1. The Kier molecular flexibility index (Phi) is 7.54. The van der Waals surface area contributed by atoms with Crippen LogP contribution in [0.5, 0.6) is 5.88 Å². The lowest BCUT2D eigenvalue weighted by atomic mass is 10.1. The predicted molar refractivity (Wildman–Crippen MR) is 131 cm³/mol. The zero-order chi connectivity index (χ0) is 24.1. The van der Waals surface area contributed by atoms with Crippen LogP contribution in [-0.2, 0) is 6.42 Å². The summed E-state index contributed by atoms with van der Waals surface area (Å²) in [6.07, 6.45) is 7.13. The molecule has 3 heterocycles. The van der Waals surface area contributed by atoms with Crippen molar-refractivity contribution < 1.29 is 19.0 Å². The number of hydrogen-bond donors (Lipinski definition) is 3. The van der Waals surface area contributed by atoms with Crippen LogP contribution in [0.25, 0.3) is 21.3 Å². The number of carbonyl (C=O) groups is 1. The molecule has 1 saturated carbocycles. The molecule has 0 amide bonds. The van der Waals surface area contributed by atoms with Gasteiger partial charge in [0, 0.05) is 34.9 Å². The standard InChI is InChI=1S/C14H17FN2.C11H10N2O3S/c15-12-2-1-3-13-14(12)11(9-17-13)6-7-16-8-10-4-5-10;1-6-13-9(11(14)15)10(17-6)7-3-4-8(16-2)12-5-7/h1-3,9-10,16-17H,4-8H2;3-5H,1-2H3,(H,14,15). The zero-order valence-electron chi connectivity index (χ0n) is 19.1. The Morgan fingerprint density at radius 3 is 2.82 bits per heavy atom. The number of hydrogen-bond acceptors (Lipinski definition) is 6. The highest BCUT2D eigenvalue weighted by Crippen LogP contribution is 2.30. The van der Waals surface area contributed by atoms with Gasteiger partial charge in [-0.15, -0.1) is 11.3 Å². The Balaban J connectivity index is 0.000000161. The number of nitrogens with zero attached hydrogens (tertiary/aromatic N) is 2. The molecule has 7 nitrogen and oxygen atoms in total. The first-order valence-electron chi connectivity index (χ1n) is 11.1. The van der Waals surface area contributed by atoms with Gasteiger partial charge >= 0.3 is 5.97 Å². The lowest BCUT2D eigenvalue weighted by Crippen LogP contribution is -2.19. The minimum atomic E-state index is -1.03. The number of rotatable bonds is 8. The van der Waals surface area contributed by atoms with E-state index in [0.717, 1.165) is 47.5 Å². The van der Waals surface area contributed by atoms with Crippen LogP contribution in [0.2, 0.25) is 0 Å².